The van der Waals surface area contributed by atoms with Crippen LogP contribution in [0.15, 0.2) is 192 Å². The first-order chi connectivity index (χ1) is 57.4. The molecule has 118 heavy (non-hydrogen) atoms. The molecule has 612 valence electrons. The average molecular weight is 1630 g/mol. The molecule has 4 atom stereocenters. The lowest BCUT2D eigenvalue weighted by atomic mass is 9.88. The Bertz CT molecular complexity index is 5400. The standard InChI is InChI=1S/2C45H48N6O7S/c2*52-45(49-59(55,56)36-14-16-40(42(26-36)51(53)54)47-27-29-18-22-57-23-19-29)39-15-11-32(25-43(39)58-35-24-33-17-20-46-44(33)48-28-35)30-9-12-34(13-10-30)50-21-3-6-41(50)38-5-2-1-4-37(38)31-7-8-31/h2*1-2,4-5,9,11,14-17,20,24-26,28-29,31,34,41,47H,3,6-8,10,12-13,18-19,21-23,27H2,(H,46,48)(H,49,52)/t2*34?,41-/m11/s1. The lowest BCUT2D eigenvalue weighted by Crippen LogP contribution is -2.36. The van der Waals surface area contributed by atoms with Gasteiger partial charge in [0, 0.05) is 99.0 Å². The highest BCUT2D eigenvalue weighted by molar-refractivity contribution is 7.90. The molecule has 4 saturated heterocycles. The van der Waals surface area contributed by atoms with Crippen LogP contribution in [0.1, 0.15) is 194 Å². The van der Waals surface area contributed by atoms with Gasteiger partial charge in [-0.15, -0.1) is 0 Å². The summed E-state index contributed by atoms with van der Waals surface area (Å²) in [5, 5.41) is 32.0. The molecule has 2 amide bonds. The third-order valence-electron chi connectivity index (χ3n) is 24.7. The summed E-state index contributed by atoms with van der Waals surface area (Å²) in [5.41, 5.74) is 11.0. The van der Waals surface area contributed by atoms with Crippen LogP contribution in [-0.4, -0.2) is 133 Å². The molecular formula is C90H96N12O14S2. The van der Waals surface area contributed by atoms with Gasteiger partial charge in [0.2, 0.25) is 0 Å². The van der Waals surface area contributed by atoms with Crippen LogP contribution in [0.4, 0.5) is 22.7 Å². The summed E-state index contributed by atoms with van der Waals surface area (Å²) in [7, 11) is -9.07. The van der Waals surface area contributed by atoms with Crippen LogP contribution in [0.2, 0.25) is 0 Å². The van der Waals surface area contributed by atoms with Gasteiger partial charge in [0.1, 0.15) is 45.7 Å². The van der Waals surface area contributed by atoms with Crippen LogP contribution in [-0.2, 0) is 29.5 Å². The molecule has 10 aromatic rings. The Morgan fingerprint density at radius 1 is 0.492 bits per heavy atom. The number of sulfonamides is 2. The number of H-pyrrole nitrogens is 2. The van der Waals surface area contributed by atoms with Crippen molar-refractivity contribution in [2.24, 2.45) is 11.8 Å². The third-order valence-corrected chi connectivity index (χ3v) is 27.3. The SMILES string of the molecule is O=C(NS(=O)(=O)c1ccc(NCC2CCOCC2)c([N+](=O)[O-])c1)c1ccc(C2=CCC(N3CCC[C@@H]3c3ccccc3C3CC3)CC2)cc1Oc1cnc2[nH]ccc2c1.O=C(NS(=O)(=O)c1ccc(NCC2CCOCC2)c([N+](=O)[O-])c1)c1ccc(C2=CCC(N3CCC[C@@H]3c3ccccc3C3CC3)CC2)cc1Oc1cnc2[nH]ccc2c1. The highest BCUT2D eigenvalue weighted by Gasteiger charge is 2.40. The second-order valence-corrected chi connectivity index (χ2v) is 35.7. The molecule has 8 aliphatic rings. The summed E-state index contributed by atoms with van der Waals surface area (Å²) in [6.07, 6.45) is 29.9. The highest BCUT2D eigenvalue weighted by atomic mass is 32.2. The Hall–Kier alpha value is -11.1. The molecule has 4 aliphatic heterocycles. The molecule has 4 aromatic heterocycles. The van der Waals surface area contributed by atoms with Gasteiger partial charge >= 0.3 is 0 Å². The molecule has 8 heterocycles. The molecule has 4 aliphatic carbocycles. The molecule has 28 heteroatoms. The number of anilines is 2. The fraction of sp³-hybridized carbons (Fsp3) is 0.378. The van der Waals surface area contributed by atoms with E-state index in [2.05, 4.69) is 110 Å². The zero-order valence-electron chi connectivity index (χ0n) is 65.5. The van der Waals surface area contributed by atoms with Crippen molar-refractivity contribution < 1.29 is 55.2 Å². The summed E-state index contributed by atoms with van der Waals surface area (Å²) >= 11 is 0. The molecule has 6 fully saturated rings. The number of fused-ring (bicyclic) bond motifs is 2. The summed E-state index contributed by atoms with van der Waals surface area (Å²) in [6, 6.07) is 44.6. The maximum atomic E-state index is 13.9. The van der Waals surface area contributed by atoms with Crippen LogP contribution in [0.5, 0.6) is 23.0 Å². The maximum Gasteiger partial charge on any atom is 0.293 e. The number of nitrogens with zero attached hydrogens (tertiary/aromatic N) is 6. The third kappa shape index (κ3) is 18.0. The molecule has 2 saturated carbocycles. The van der Waals surface area contributed by atoms with Gasteiger partial charge in [-0.05, 0) is 270 Å². The van der Waals surface area contributed by atoms with Gasteiger partial charge in [0.25, 0.3) is 43.2 Å². The van der Waals surface area contributed by atoms with E-state index in [0.717, 1.165) is 122 Å². The molecule has 0 spiro atoms. The first-order valence-electron chi connectivity index (χ1n) is 41.3. The number of aromatic nitrogens is 4. The van der Waals surface area contributed by atoms with E-state index in [9.17, 15) is 46.7 Å². The van der Waals surface area contributed by atoms with Crippen LogP contribution < -0.4 is 29.6 Å². The number of likely N-dealkylation sites (tertiary alicyclic amines) is 2. The van der Waals surface area contributed by atoms with E-state index in [1.807, 2.05) is 24.3 Å². The second-order valence-electron chi connectivity index (χ2n) is 32.3. The number of rotatable bonds is 26. The van der Waals surface area contributed by atoms with Gasteiger partial charge in [-0.1, -0.05) is 72.8 Å². The summed E-state index contributed by atoms with van der Waals surface area (Å²) in [5.74, 6) is 1.16. The largest absolute Gasteiger partial charge is 0.455 e. The minimum atomic E-state index is -4.54. The first-order valence-corrected chi connectivity index (χ1v) is 44.3. The first kappa shape index (κ1) is 79.3. The van der Waals surface area contributed by atoms with Gasteiger partial charge < -0.3 is 39.5 Å². The fourth-order valence-corrected chi connectivity index (χ4v) is 20.1. The van der Waals surface area contributed by atoms with Gasteiger partial charge in [0.05, 0.1) is 43.2 Å². The van der Waals surface area contributed by atoms with Crippen molar-refractivity contribution in [2.75, 3.05) is 63.2 Å². The van der Waals surface area contributed by atoms with Gasteiger partial charge in [-0.2, -0.15) is 0 Å². The van der Waals surface area contributed by atoms with E-state index >= 15 is 0 Å². The number of amides is 2. The topological polar surface area (TPSA) is 338 Å². The van der Waals surface area contributed by atoms with E-state index in [1.54, 1.807) is 61.2 Å². The minimum Gasteiger partial charge on any atom is -0.455 e. The summed E-state index contributed by atoms with van der Waals surface area (Å²) in [6.45, 7) is 5.69. The lowest BCUT2D eigenvalue weighted by molar-refractivity contribution is -0.384. The lowest BCUT2D eigenvalue weighted by Gasteiger charge is -2.36. The number of allylic oxidation sites excluding steroid dienone is 2. The number of nitro groups is 2. The van der Waals surface area contributed by atoms with E-state index in [4.69, 9.17) is 18.9 Å². The predicted octanol–water partition coefficient (Wildman–Crippen LogP) is 17.7. The number of hydrogen-bond donors (Lipinski definition) is 6. The normalized spacial score (nSPS) is 20.3. The highest BCUT2D eigenvalue weighted by Crippen LogP contribution is 2.50. The quantitative estimate of drug-likeness (QED) is 0.0217. The Kier molecular flexibility index (Phi) is 23.4. The van der Waals surface area contributed by atoms with Crippen LogP contribution >= 0.6 is 0 Å². The second kappa shape index (κ2) is 34.8. The Morgan fingerprint density at radius 3 is 1.30 bits per heavy atom. The molecular weight excluding hydrogens is 1540 g/mol. The van der Waals surface area contributed by atoms with E-state index < -0.39 is 62.9 Å². The van der Waals surface area contributed by atoms with Crippen molar-refractivity contribution in [1.82, 2.24) is 39.2 Å². The van der Waals surface area contributed by atoms with Crippen molar-refractivity contribution in [1.29, 1.82) is 0 Å². The van der Waals surface area contributed by atoms with Crippen molar-refractivity contribution in [3.63, 3.8) is 0 Å². The summed E-state index contributed by atoms with van der Waals surface area (Å²) in [4.78, 5) is 70.3. The van der Waals surface area contributed by atoms with Crippen LogP contribution in [0, 0.1) is 32.1 Å². The number of nitrogens with one attached hydrogen (secondary N) is 6. The molecule has 26 nitrogen and oxygen atoms in total. The van der Waals surface area contributed by atoms with Gasteiger partial charge in [0.15, 0.2) is 0 Å². The van der Waals surface area contributed by atoms with Crippen LogP contribution in [0.25, 0.3) is 33.2 Å². The molecule has 2 unspecified atom stereocenters. The maximum absolute atomic E-state index is 13.9. The Balaban J connectivity index is 0.000000169. The summed E-state index contributed by atoms with van der Waals surface area (Å²) < 4.78 is 82.4. The number of nitro benzene ring substituents is 2. The van der Waals surface area contributed by atoms with Crippen molar-refractivity contribution >= 4 is 87.8 Å². The Morgan fingerprint density at radius 2 is 0.907 bits per heavy atom. The van der Waals surface area contributed by atoms with Crippen molar-refractivity contribution in [3.8, 4) is 23.0 Å². The van der Waals surface area contributed by atoms with Crippen molar-refractivity contribution in [3.05, 3.63) is 247 Å². The molecule has 6 aromatic carbocycles. The van der Waals surface area contributed by atoms with Crippen LogP contribution in [0.3, 0.4) is 0 Å². The number of pyridine rings is 2. The number of carbonyl (C=O) groups excluding carboxylic acids is 2. The smallest absolute Gasteiger partial charge is 0.293 e. The average Bonchev–Trinajstić information content (AvgIpc) is 1.53. The molecule has 0 radical (unpaired) electrons. The number of carbonyl (C=O) groups is 2. The Labute approximate surface area is 685 Å². The number of benzene rings is 6. The molecule has 0 bridgehead atoms. The molecule has 18 rings (SSSR count). The van der Waals surface area contributed by atoms with Crippen molar-refractivity contribution in [2.45, 2.75) is 161 Å². The van der Waals surface area contributed by atoms with Gasteiger partial charge in [-0.25, -0.2) is 36.2 Å². The molecule has 6 N–H and O–H groups in total. The van der Waals surface area contributed by atoms with Gasteiger partial charge in [-0.3, -0.25) is 39.6 Å². The number of ether oxygens (including phenoxy) is 4. The van der Waals surface area contributed by atoms with E-state index in [-0.39, 0.29) is 45.8 Å². The number of hydrogen-bond acceptors (Lipinski definition) is 20. The van der Waals surface area contributed by atoms with E-state index in [0.29, 0.717) is 98.3 Å². The van der Waals surface area contributed by atoms with E-state index in [1.165, 1.54) is 97.9 Å². The minimum absolute atomic E-state index is 0.0146. The fourth-order valence-electron chi connectivity index (χ4n) is 18.1. The predicted molar refractivity (Wildman–Crippen MR) is 450 cm³/mol. The number of aromatic amines is 2. The monoisotopic (exact) mass is 1630 g/mol. The zero-order chi connectivity index (χ0) is 81.0. The zero-order valence-corrected chi connectivity index (χ0v) is 67.2.